The summed E-state index contributed by atoms with van der Waals surface area (Å²) >= 11 is 5.85. The smallest absolute Gasteiger partial charge is 0.322 e. The molecule has 0 amide bonds. The van der Waals surface area contributed by atoms with Crippen molar-refractivity contribution in [2.45, 2.75) is 46.6 Å². The van der Waals surface area contributed by atoms with Crippen LogP contribution in [0.4, 0.5) is 5.95 Å². The Bertz CT molecular complexity index is 427. The Hall–Kier alpha value is -1.14. The Labute approximate surface area is 125 Å². The minimum atomic E-state index is -0.0256. The highest BCUT2D eigenvalue weighted by molar-refractivity contribution is 6.28. The Morgan fingerprint density at radius 1 is 1.30 bits per heavy atom. The number of ether oxygens (including phenoxy) is 1. The van der Waals surface area contributed by atoms with E-state index in [1.165, 1.54) is 0 Å². The third-order valence-corrected chi connectivity index (χ3v) is 2.83. The highest BCUT2D eigenvalue weighted by Crippen LogP contribution is 2.22. The first-order valence-corrected chi connectivity index (χ1v) is 7.13. The minimum absolute atomic E-state index is 0.0256. The van der Waals surface area contributed by atoms with Gasteiger partial charge in [-0.25, -0.2) is 0 Å². The fraction of sp³-hybridized carbons (Fsp3) is 0.769. The zero-order chi connectivity index (χ0) is 15.2. The van der Waals surface area contributed by atoms with Crippen LogP contribution in [0.15, 0.2) is 0 Å². The second-order valence-corrected chi connectivity index (χ2v) is 6.06. The van der Waals surface area contributed by atoms with Gasteiger partial charge in [-0.1, -0.05) is 13.8 Å². The lowest BCUT2D eigenvalue weighted by Crippen LogP contribution is -2.24. The Morgan fingerprint density at radius 2 is 2.00 bits per heavy atom. The van der Waals surface area contributed by atoms with Gasteiger partial charge in [-0.15, -0.1) is 0 Å². The van der Waals surface area contributed by atoms with Crippen LogP contribution >= 0.6 is 11.6 Å². The molecule has 6 nitrogen and oxygen atoms in total. The van der Waals surface area contributed by atoms with Crippen LogP contribution in [0.2, 0.25) is 5.28 Å². The summed E-state index contributed by atoms with van der Waals surface area (Å²) in [5, 5.41) is 12.1. The average Bonchev–Trinajstić information content (AvgIpc) is 2.33. The number of hydrogen-bond donors (Lipinski definition) is 2. The van der Waals surface area contributed by atoms with Crippen molar-refractivity contribution in [3.05, 3.63) is 5.28 Å². The highest BCUT2D eigenvalue weighted by atomic mass is 35.5. The quantitative estimate of drug-likeness (QED) is 0.768. The summed E-state index contributed by atoms with van der Waals surface area (Å²) in [5.74, 6) is 0.401. The minimum Gasteiger partial charge on any atom is -0.461 e. The number of aliphatic hydroxyl groups is 1. The van der Waals surface area contributed by atoms with Gasteiger partial charge in [0.15, 0.2) is 0 Å². The number of aromatic nitrogens is 3. The first kappa shape index (κ1) is 16.9. The molecule has 0 radical (unpaired) electrons. The van der Waals surface area contributed by atoms with Crippen molar-refractivity contribution in [1.29, 1.82) is 0 Å². The molecular weight excluding hydrogens is 280 g/mol. The lowest BCUT2D eigenvalue weighted by molar-refractivity contribution is 0.221. The van der Waals surface area contributed by atoms with Crippen LogP contribution in [0.1, 0.15) is 40.5 Å². The summed E-state index contributed by atoms with van der Waals surface area (Å²) in [5.41, 5.74) is 0.0287. The van der Waals surface area contributed by atoms with Crippen LogP contribution in [0.25, 0.3) is 0 Å². The van der Waals surface area contributed by atoms with E-state index in [-0.39, 0.29) is 29.4 Å². The zero-order valence-corrected chi connectivity index (χ0v) is 13.2. The molecule has 1 aromatic rings. The molecule has 0 aliphatic carbocycles. The van der Waals surface area contributed by atoms with Crippen molar-refractivity contribution in [2.75, 3.05) is 18.5 Å². The van der Waals surface area contributed by atoms with Gasteiger partial charge in [0.2, 0.25) is 11.2 Å². The van der Waals surface area contributed by atoms with Gasteiger partial charge in [0.1, 0.15) is 0 Å². The molecule has 0 saturated heterocycles. The standard InChI is InChI=1S/C13H23ClN4O2/c1-9(2)20-12-17-10(14)16-11(18-12)15-8-13(3,4)6-5-7-19/h9,19H,5-8H2,1-4H3,(H,15,16,17,18). The lowest BCUT2D eigenvalue weighted by Gasteiger charge is -2.24. The molecule has 0 bridgehead atoms. The monoisotopic (exact) mass is 302 g/mol. The first-order valence-electron chi connectivity index (χ1n) is 6.75. The molecule has 0 unspecified atom stereocenters. The number of aliphatic hydroxyl groups excluding tert-OH is 1. The molecule has 2 N–H and O–H groups in total. The summed E-state index contributed by atoms with van der Waals surface area (Å²) in [4.78, 5) is 12.1. The number of nitrogens with one attached hydrogen (secondary N) is 1. The van der Waals surface area contributed by atoms with Crippen molar-refractivity contribution >= 4 is 17.5 Å². The van der Waals surface area contributed by atoms with E-state index < -0.39 is 0 Å². The van der Waals surface area contributed by atoms with Crippen LogP contribution in [-0.2, 0) is 0 Å². The molecule has 1 aromatic heterocycles. The van der Waals surface area contributed by atoms with Crippen molar-refractivity contribution < 1.29 is 9.84 Å². The predicted octanol–water partition coefficient (Wildman–Crippen LogP) is 2.52. The van der Waals surface area contributed by atoms with Gasteiger partial charge in [0, 0.05) is 13.2 Å². The predicted molar refractivity (Wildman–Crippen MR) is 79.2 cm³/mol. The van der Waals surface area contributed by atoms with Crippen LogP contribution in [0, 0.1) is 5.41 Å². The first-order chi connectivity index (χ1) is 9.32. The fourth-order valence-electron chi connectivity index (χ4n) is 1.64. The zero-order valence-electron chi connectivity index (χ0n) is 12.5. The number of rotatable bonds is 8. The maximum atomic E-state index is 8.88. The van der Waals surface area contributed by atoms with E-state index in [1.54, 1.807) is 0 Å². The van der Waals surface area contributed by atoms with Gasteiger partial charge < -0.3 is 15.2 Å². The summed E-state index contributed by atoms with van der Waals surface area (Å²) in [6, 6.07) is 0.218. The molecule has 0 atom stereocenters. The van der Waals surface area contributed by atoms with Gasteiger partial charge >= 0.3 is 6.01 Å². The third kappa shape index (κ3) is 6.34. The molecule has 0 fully saturated rings. The van der Waals surface area contributed by atoms with Crippen molar-refractivity contribution in [1.82, 2.24) is 15.0 Å². The van der Waals surface area contributed by atoms with Gasteiger partial charge in [0.25, 0.3) is 0 Å². The molecule has 1 heterocycles. The summed E-state index contributed by atoms with van der Waals surface area (Å²) < 4.78 is 5.41. The number of hydrogen-bond acceptors (Lipinski definition) is 6. The molecular formula is C13H23ClN4O2. The Balaban J connectivity index is 2.65. The van der Waals surface area contributed by atoms with Crippen molar-refractivity contribution in [2.24, 2.45) is 5.41 Å². The molecule has 0 aliphatic heterocycles. The Morgan fingerprint density at radius 3 is 2.60 bits per heavy atom. The molecule has 0 spiro atoms. The second kappa shape index (κ2) is 7.59. The highest BCUT2D eigenvalue weighted by Gasteiger charge is 2.18. The van der Waals surface area contributed by atoms with E-state index in [4.69, 9.17) is 21.4 Å². The SMILES string of the molecule is CC(C)Oc1nc(Cl)nc(NCC(C)(C)CCCO)n1. The summed E-state index contributed by atoms with van der Waals surface area (Å²) in [6.07, 6.45) is 1.65. The molecule has 0 aromatic carbocycles. The molecule has 20 heavy (non-hydrogen) atoms. The number of anilines is 1. The van der Waals surface area contributed by atoms with Crippen LogP contribution in [0.5, 0.6) is 6.01 Å². The van der Waals surface area contributed by atoms with Crippen molar-refractivity contribution in [3.63, 3.8) is 0 Å². The normalized spacial score (nSPS) is 11.8. The van der Waals surface area contributed by atoms with Gasteiger partial charge in [0.05, 0.1) is 6.10 Å². The summed E-state index contributed by atoms with van der Waals surface area (Å²) in [6.45, 7) is 8.89. The van der Waals surface area contributed by atoms with Crippen LogP contribution in [0.3, 0.4) is 0 Å². The lowest BCUT2D eigenvalue weighted by atomic mass is 9.88. The fourth-order valence-corrected chi connectivity index (χ4v) is 1.79. The van der Waals surface area contributed by atoms with E-state index in [2.05, 4.69) is 34.1 Å². The number of nitrogens with zero attached hydrogens (tertiary/aromatic N) is 3. The molecule has 114 valence electrons. The topological polar surface area (TPSA) is 80.2 Å². The van der Waals surface area contributed by atoms with Crippen molar-refractivity contribution in [3.8, 4) is 6.01 Å². The van der Waals surface area contributed by atoms with E-state index >= 15 is 0 Å². The summed E-state index contributed by atoms with van der Waals surface area (Å²) in [7, 11) is 0. The average molecular weight is 303 g/mol. The molecule has 0 aliphatic rings. The van der Waals surface area contributed by atoms with E-state index in [0.29, 0.717) is 12.5 Å². The van der Waals surface area contributed by atoms with Gasteiger partial charge in [-0.05, 0) is 43.7 Å². The third-order valence-electron chi connectivity index (χ3n) is 2.67. The second-order valence-electron chi connectivity index (χ2n) is 5.72. The maximum Gasteiger partial charge on any atom is 0.322 e. The van der Waals surface area contributed by atoms with E-state index in [0.717, 1.165) is 12.8 Å². The van der Waals surface area contributed by atoms with E-state index in [9.17, 15) is 0 Å². The molecule has 0 saturated carbocycles. The molecule has 1 rings (SSSR count). The van der Waals surface area contributed by atoms with Crippen LogP contribution < -0.4 is 10.1 Å². The number of halogens is 1. The molecule has 7 heteroatoms. The maximum absolute atomic E-state index is 8.88. The van der Waals surface area contributed by atoms with Crippen LogP contribution in [-0.4, -0.2) is 39.3 Å². The Kier molecular flexibility index (Phi) is 6.42. The van der Waals surface area contributed by atoms with E-state index in [1.807, 2.05) is 13.8 Å². The van der Waals surface area contributed by atoms with Gasteiger partial charge in [-0.2, -0.15) is 15.0 Å². The van der Waals surface area contributed by atoms with Gasteiger partial charge in [-0.3, -0.25) is 0 Å². The largest absolute Gasteiger partial charge is 0.461 e.